The summed E-state index contributed by atoms with van der Waals surface area (Å²) in [5, 5.41) is 0. The van der Waals surface area contributed by atoms with Crippen LogP contribution in [-0.2, 0) is 4.79 Å². The number of hydrogen-bond donors (Lipinski definition) is 1. The average Bonchev–Trinajstić information content (AvgIpc) is 2.76. The Hall–Kier alpha value is -0.370. The van der Waals surface area contributed by atoms with E-state index in [-0.39, 0.29) is 12.0 Å². The molecule has 4 atom stereocenters. The summed E-state index contributed by atoms with van der Waals surface area (Å²) in [7, 11) is 0. The second-order valence-corrected chi connectivity index (χ2v) is 6.19. The van der Waals surface area contributed by atoms with Crippen LogP contribution in [0.4, 0.5) is 0 Å². The summed E-state index contributed by atoms with van der Waals surface area (Å²) in [4.78, 5) is 12.1. The minimum Gasteiger partial charge on any atom is -0.327 e. The molecule has 92 valence electrons. The summed E-state index contributed by atoms with van der Waals surface area (Å²) in [5.74, 6) is 2.67. The van der Waals surface area contributed by atoms with Crippen molar-refractivity contribution in [2.75, 3.05) is 0 Å². The molecule has 0 saturated heterocycles. The lowest BCUT2D eigenvalue weighted by atomic mass is 9.80. The van der Waals surface area contributed by atoms with E-state index >= 15 is 0 Å². The van der Waals surface area contributed by atoms with E-state index in [1.807, 2.05) is 0 Å². The molecule has 0 spiro atoms. The van der Waals surface area contributed by atoms with E-state index in [1.165, 1.54) is 25.7 Å². The van der Waals surface area contributed by atoms with Crippen LogP contribution in [0.1, 0.15) is 52.4 Å². The summed E-state index contributed by atoms with van der Waals surface area (Å²) < 4.78 is 0. The van der Waals surface area contributed by atoms with E-state index in [0.29, 0.717) is 23.5 Å². The van der Waals surface area contributed by atoms with Crippen LogP contribution < -0.4 is 5.73 Å². The molecule has 4 unspecified atom stereocenters. The lowest BCUT2D eigenvalue weighted by molar-refractivity contribution is -0.125. The Bertz CT molecular complexity index is 259. The quantitative estimate of drug-likeness (QED) is 0.778. The van der Waals surface area contributed by atoms with Gasteiger partial charge in [-0.05, 0) is 43.4 Å². The van der Waals surface area contributed by atoms with Gasteiger partial charge in [0.05, 0.1) is 0 Å². The van der Waals surface area contributed by atoms with Gasteiger partial charge in [-0.2, -0.15) is 0 Å². The molecule has 0 amide bonds. The molecule has 2 nitrogen and oxygen atoms in total. The Morgan fingerprint density at radius 1 is 1.31 bits per heavy atom. The van der Waals surface area contributed by atoms with Gasteiger partial charge in [-0.1, -0.05) is 20.3 Å². The molecule has 16 heavy (non-hydrogen) atoms. The third-order valence-corrected chi connectivity index (χ3v) is 4.56. The van der Waals surface area contributed by atoms with Gasteiger partial charge in [0, 0.05) is 18.4 Å². The van der Waals surface area contributed by atoms with E-state index < -0.39 is 0 Å². The van der Waals surface area contributed by atoms with Crippen LogP contribution in [0.25, 0.3) is 0 Å². The van der Waals surface area contributed by atoms with Crippen molar-refractivity contribution in [3.63, 3.8) is 0 Å². The Morgan fingerprint density at radius 2 is 2.00 bits per heavy atom. The molecule has 2 N–H and O–H groups in total. The number of carbonyl (C=O) groups excluding carboxylic acids is 1. The van der Waals surface area contributed by atoms with E-state index in [2.05, 4.69) is 13.8 Å². The summed E-state index contributed by atoms with van der Waals surface area (Å²) in [6, 6.07) is 0.185. The van der Waals surface area contributed by atoms with Crippen molar-refractivity contribution in [3.8, 4) is 0 Å². The van der Waals surface area contributed by atoms with Gasteiger partial charge in [0.2, 0.25) is 0 Å². The highest BCUT2D eigenvalue weighted by Crippen LogP contribution is 2.48. The van der Waals surface area contributed by atoms with Crippen LogP contribution in [0.2, 0.25) is 0 Å². The van der Waals surface area contributed by atoms with Crippen LogP contribution >= 0.6 is 0 Å². The standard InChI is InChI=1S/C14H25NO/c1-9(2)4-3-5-12(16)13-10-6-7-11(8-10)14(13)15/h9-11,13-14H,3-8,15H2,1-2H3. The van der Waals surface area contributed by atoms with Gasteiger partial charge in [-0.15, -0.1) is 0 Å². The van der Waals surface area contributed by atoms with Crippen molar-refractivity contribution in [3.05, 3.63) is 0 Å². The molecule has 2 heteroatoms. The Balaban J connectivity index is 1.81. The maximum Gasteiger partial charge on any atom is 0.137 e. The van der Waals surface area contributed by atoms with E-state index in [0.717, 1.165) is 12.8 Å². The largest absolute Gasteiger partial charge is 0.327 e. The molecule has 0 heterocycles. The van der Waals surface area contributed by atoms with E-state index in [4.69, 9.17) is 5.73 Å². The molecule has 2 aliphatic carbocycles. The summed E-state index contributed by atoms with van der Waals surface area (Å²) in [5.41, 5.74) is 6.18. The molecule has 0 aliphatic heterocycles. The highest BCUT2D eigenvalue weighted by atomic mass is 16.1. The third kappa shape index (κ3) is 2.32. The number of rotatable bonds is 5. The SMILES string of the molecule is CC(C)CCCC(=O)C1C2CCC(C2)C1N. The first kappa shape index (κ1) is 12.1. The highest BCUT2D eigenvalue weighted by Gasteiger charge is 2.48. The lowest BCUT2D eigenvalue weighted by Gasteiger charge is -2.26. The molecule has 2 fully saturated rings. The zero-order valence-corrected chi connectivity index (χ0v) is 10.6. The molecule has 2 rings (SSSR count). The van der Waals surface area contributed by atoms with Crippen LogP contribution in [0, 0.1) is 23.7 Å². The zero-order valence-electron chi connectivity index (χ0n) is 10.6. The van der Waals surface area contributed by atoms with Crippen LogP contribution in [0.15, 0.2) is 0 Å². The van der Waals surface area contributed by atoms with E-state index in [1.54, 1.807) is 0 Å². The fourth-order valence-electron chi connectivity index (χ4n) is 3.66. The molecular formula is C14H25NO. The normalized spacial score (nSPS) is 37.2. The Labute approximate surface area is 99.0 Å². The van der Waals surface area contributed by atoms with Crippen molar-refractivity contribution in [1.82, 2.24) is 0 Å². The molecule has 0 aromatic rings. The number of Topliss-reactive ketones (excluding diaryl/α,β-unsaturated/α-hetero) is 1. The maximum atomic E-state index is 12.1. The number of fused-ring (bicyclic) bond motifs is 2. The topological polar surface area (TPSA) is 43.1 Å². The minimum absolute atomic E-state index is 0.185. The molecule has 0 aromatic carbocycles. The molecular weight excluding hydrogens is 198 g/mol. The highest BCUT2D eigenvalue weighted by molar-refractivity contribution is 5.82. The minimum atomic E-state index is 0.185. The van der Waals surface area contributed by atoms with Crippen LogP contribution in [0.5, 0.6) is 0 Å². The number of nitrogens with two attached hydrogens (primary N) is 1. The molecule has 2 saturated carbocycles. The second kappa shape index (κ2) is 4.87. The fourth-order valence-corrected chi connectivity index (χ4v) is 3.66. The van der Waals surface area contributed by atoms with Gasteiger partial charge in [0.1, 0.15) is 5.78 Å². The summed E-state index contributed by atoms with van der Waals surface area (Å²) in [6.45, 7) is 4.43. The maximum absolute atomic E-state index is 12.1. The summed E-state index contributed by atoms with van der Waals surface area (Å²) in [6.07, 6.45) is 6.72. The van der Waals surface area contributed by atoms with Gasteiger partial charge in [-0.25, -0.2) is 0 Å². The van der Waals surface area contributed by atoms with Gasteiger partial charge < -0.3 is 5.73 Å². The Morgan fingerprint density at radius 3 is 2.56 bits per heavy atom. The van der Waals surface area contributed by atoms with Crippen molar-refractivity contribution >= 4 is 5.78 Å². The van der Waals surface area contributed by atoms with Gasteiger partial charge in [0.15, 0.2) is 0 Å². The molecule has 0 aromatic heterocycles. The zero-order chi connectivity index (χ0) is 11.7. The van der Waals surface area contributed by atoms with Crippen LogP contribution in [0.3, 0.4) is 0 Å². The van der Waals surface area contributed by atoms with Crippen LogP contribution in [-0.4, -0.2) is 11.8 Å². The predicted molar refractivity (Wildman–Crippen MR) is 66.0 cm³/mol. The average molecular weight is 223 g/mol. The molecule has 2 bridgehead atoms. The van der Waals surface area contributed by atoms with Crippen molar-refractivity contribution in [2.45, 2.75) is 58.4 Å². The smallest absolute Gasteiger partial charge is 0.137 e. The van der Waals surface area contributed by atoms with E-state index in [9.17, 15) is 4.79 Å². The van der Waals surface area contributed by atoms with Gasteiger partial charge in [-0.3, -0.25) is 4.79 Å². The van der Waals surface area contributed by atoms with Gasteiger partial charge in [0.25, 0.3) is 0 Å². The third-order valence-electron chi connectivity index (χ3n) is 4.56. The van der Waals surface area contributed by atoms with Gasteiger partial charge >= 0.3 is 0 Å². The number of carbonyl (C=O) groups is 1. The van der Waals surface area contributed by atoms with Crippen molar-refractivity contribution < 1.29 is 4.79 Å². The first-order chi connectivity index (χ1) is 7.59. The molecule has 0 radical (unpaired) electrons. The van der Waals surface area contributed by atoms with Crippen molar-refractivity contribution in [2.24, 2.45) is 29.4 Å². The molecule has 2 aliphatic rings. The first-order valence-corrected chi connectivity index (χ1v) is 6.88. The number of ketones is 1. The first-order valence-electron chi connectivity index (χ1n) is 6.88. The lowest BCUT2D eigenvalue weighted by Crippen LogP contribution is -2.40. The van der Waals surface area contributed by atoms with Crippen molar-refractivity contribution in [1.29, 1.82) is 0 Å². The predicted octanol–water partition coefficient (Wildman–Crippen LogP) is 2.76. The fraction of sp³-hybridized carbons (Fsp3) is 0.929. The summed E-state index contributed by atoms with van der Waals surface area (Å²) >= 11 is 0. The number of hydrogen-bond acceptors (Lipinski definition) is 2. The second-order valence-electron chi connectivity index (χ2n) is 6.19. The Kier molecular flexibility index (Phi) is 3.68. The monoisotopic (exact) mass is 223 g/mol.